The quantitative estimate of drug-likeness (QED) is 0.302. The lowest BCUT2D eigenvalue weighted by molar-refractivity contribution is -0.118. The van der Waals surface area contributed by atoms with Gasteiger partial charge in [-0.25, -0.2) is 0 Å². The maximum atomic E-state index is 12.2. The molecule has 0 fully saturated rings. The molecule has 4 rings (SSSR count). The van der Waals surface area contributed by atoms with E-state index in [0.29, 0.717) is 10.9 Å². The monoisotopic (exact) mass is 435 g/mol. The third kappa shape index (κ3) is 4.80. The molecule has 0 aliphatic heterocycles. The van der Waals surface area contributed by atoms with Crippen LogP contribution in [0, 0.1) is 13.8 Å². The molecule has 5 nitrogen and oxygen atoms in total. The van der Waals surface area contributed by atoms with Gasteiger partial charge in [-0.05, 0) is 47.4 Å². The highest BCUT2D eigenvalue weighted by Gasteiger charge is 2.11. The molecular weight excluding hydrogens is 414 g/mol. The first-order valence-electron chi connectivity index (χ1n) is 9.52. The van der Waals surface area contributed by atoms with Crippen LogP contribution in [0.1, 0.15) is 16.7 Å². The second-order valence-corrected chi connectivity index (χ2v) is 9.03. The summed E-state index contributed by atoms with van der Waals surface area (Å²) in [6.07, 6.45) is 0. The van der Waals surface area contributed by atoms with Crippen LogP contribution in [-0.2, 0) is 10.5 Å². The van der Waals surface area contributed by atoms with Crippen LogP contribution in [0.5, 0.6) is 5.75 Å². The summed E-state index contributed by atoms with van der Waals surface area (Å²) in [5.74, 6) is 1.26. The van der Waals surface area contributed by atoms with Crippen LogP contribution >= 0.6 is 23.1 Å². The van der Waals surface area contributed by atoms with E-state index in [-0.39, 0.29) is 12.5 Å². The highest BCUT2D eigenvalue weighted by molar-refractivity contribution is 8.00. The Morgan fingerprint density at radius 1 is 1.03 bits per heavy atom. The first-order chi connectivity index (χ1) is 14.6. The van der Waals surface area contributed by atoms with Gasteiger partial charge in [0.2, 0.25) is 5.13 Å². The second-order valence-electron chi connectivity index (χ2n) is 6.83. The minimum Gasteiger partial charge on any atom is -0.483 e. The number of amides is 1. The van der Waals surface area contributed by atoms with Crippen molar-refractivity contribution >= 4 is 44.9 Å². The van der Waals surface area contributed by atoms with E-state index in [9.17, 15) is 4.79 Å². The average Bonchev–Trinajstić information content (AvgIpc) is 3.20. The maximum Gasteiger partial charge on any atom is 0.264 e. The van der Waals surface area contributed by atoms with E-state index in [0.717, 1.165) is 21.2 Å². The largest absolute Gasteiger partial charge is 0.483 e. The van der Waals surface area contributed by atoms with Gasteiger partial charge in [-0.3, -0.25) is 10.1 Å². The van der Waals surface area contributed by atoms with Crippen LogP contribution in [-0.4, -0.2) is 22.7 Å². The summed E-state index contributed by atoms with van der Waals surface area (Å²) >= 11 is 2.98. The average molecular weight is 436 g/mol. The molecule has 1 N–H and O–H groups in total. The molecule has 3 aromatic carbocycles. The van der Waals surface area contributed by atoms with Crippen LogP contribution in [0.4, 0.5) is 5.13 Å². The highest BCUT2D eigenvalue weighted by atomic mass is 32.2. The standard InChI is InChI=1S/C23H21N3O2S2/c1-15-7-5-12-20(16(15)2)28-13-21(27)24-22-25-26-23(30-22)29-14-18-10-6-9-17-8-3-4-11-19(17)18/h3-12H,13-14H2,1-2H3,(H,24,25,27). The van der Waals surface area contributed by atoms with Gasteiger partial charge in [0.05, 0.1) is 0 Å². The summed E-state index contributed by atoms with van der Waals surface area (Å²) in [7, 11) is 0. The fourth-order valence-electron chi connectivity index (χ4n) is 3.06. The van der Waals surface area contributed by atoms with Crippen molar-refractivity contribution in [2.75, 3.05) is 11.9 Å². The number of hydrogen-bond donors (Lipinski definition) is 1. The summed E-state index contributed by atoms with van der Waals surface area (Å²) in [5, 5.41) is 14.0. The van der Waals surface area contributed by atoms with Crippen LogP contribution in [0.15, 0.2) is 65.0 Å². The summed E-state index contributed by atoms with van der Waals surface area (Å²) in [4.78, 5) is 12.2. The van der Waals surface area contributed by atoms with Gasteiger partial charge in [0.1, 0.15) is 5.75 Å². The van der Waals surface area contributed by atoms with Crippen molar-refractivity contribution in [2.24, 2.45) is 0 Å². The van der Waals surface area contributed by atoms with Gasteiger partial charge >= 0.3 is 0 Å². The topological polar surface area (TPSA) is 64.1 Å². The Kier molecular flexibility index (Phi) is 6.30. The van der Waals surface area contributed by atoms with Gasteiger partial charge in [0.15, 0.2) is 10.9 Å². The van der Waals surface area contributed by atoms with E-state index in [1.54, 1.807) is 11.8 Å². The van der Waals surface area contributed by atoms with E-state index in [1.165, 1.54) is 27.7 Å². The Bertz CT molecular complexity index is 1180. The molecule has 4 aromatic rings. The van der Waals surface area contributed by atoms with E-state index in [2.05, 4.69) is 51.9 Å². The van der Waals surface area contributed by atoms with E-state index in [4.69, 9.17) is 4.74 Å². The smallest absolute Gasteiger partial charge is 0.264 e. The molecule has 0 atom stereocenters. The first kappa shape index (κ1) is 20.4. The normalized spacial score (nSPS) is 10.9. The van der Waals surface area contributed by atoms with Crippen molar-refractivity contribution in [1.82, 2.24) is 10.2 Å². The predicted molar refractivity (Wildman–Crippen MR) is 123 cm³/mol. The Labute approximate surface area is 183 Å². The number of nitrogens with zero attached hydrogens (tertiary/aromatic N) is 2. The van der Waals surface area contributed by atoms with Crippen molar-refractivity contribution in [3.63, 3.8) is 0 Å². The molecular formula is C23H21N3O2S2. The number of anilines is 1. The zero-order chi connectivity index (χ0) is 20.9. The van der Waals surface area contributed by atoms with Gasteiger partial charge in [0.25, 0.3) is 5.91 Å². The van der Waals surface area contributed by atoms with Crippen molar-refractivity contribution in [2.45, 2.75) is 23.9 Å². The second kappa shape index (κ2) is 9.28. The summed E-state index contributed by atoms with van der Waals surface area (Å²) in [6, 6.07) is 20.4. The number of fused-ring (bicyclic) bond motifs is 1. The number of thioether (sulfide) groups is 1. The Morgan fingerprint density at radius 3 is 2.73 bits per heavy atom. The van der Waals surface area contributed by atoms with Crippen molar-refractivity contribution in [1.29, 1.82) is 0 Å². The number of carbonyl (C=O) groups excluding carboxylic acids is 1. The lowest BCUT2D eigenvalue weighted by atomic mass is 10.1. The summed E-state index contributed by atoms with van der Waals surface area (Å²) in [5.41, 5.74) is 3.42. The molecule has 30 heavy (non-hydrogen) atoms. The number of carbonyl (C=O) groups is 1. The van der Waals surface area contributed by atoms with Gasteiger partial charge in [-0.2, -0.15) is 0 Å². The van der Waals surface area contributed by atoms with Crippen LogP contribution in [0.3, 0.4) is 0 Å². The van der Waals surface area contributed by atoms with Gasteiger partial charge in [-0.1, -0.05) is 77.7 Å². The minimum atomic E-state index is -0.252. The Balaban J connectivity index is 1.32. The molecule has 0 saturated heterocycles. The number of hydrogen-bond acceptors (Lipinski definition) is 6. The zero-order valence-electron chi connectivity index (χ0n) is 16.7. The number of benzene rings is 3. The molecule has 0 aliphatic carbocycles. The van der Waals surface area contributed by atoms with Crippen LogP contribution in [0.2, 0.25) is 0 Å². The SMILES string of the molecule is Cc1cccc(OCC(=O)Nc2nnc(SCc3cccc4ccccc34)s2)c1C. The highest BCUT2D eigenvalue weighted by Crippen LogP contribution is 2.30. The molecule has 152 valence electrons. The minimum absolute atomic E-state index is 0.0671. The lowest BCUT2D eigenvalue weighted by Crippen LogP contribution is -2.20. The molecule has 1 aromatic heterocycles. The Hall–Kier alpha value is -2.90. The van der Waals surface area contributed by atoms with Gasteiger partial charge in [0, 0.05) is 5.75 Å². The van der Waals surface area contributed by atoms with Gasteiger partial charge in [-0.15, -0.1) is 10.2 Å². The molecule has 0 radical (unpaired) electrons. The van der Waals surface area contributed by atoms with Gasteiger partial charge < -0.3 is 4.74 Å². The fraction of sp³-hybridized carbons (Fsp3) is 0.174. The molecule has 1 heterocycles. The number of aryl methyl sites for hydroxylation is 1. The van der Waals surface area contributed by atoms with Crippen molar-refractivity contribution < 1.29 is 9.53 Å². The first-order valence-corrected chi connectivity index (χ1v) is 11.3. The van der Waals surface area contributed by atoms with E-state index in [1.807, 2.05) is 38.1 Å². The van der Waals surface area contributed by atoms with E-state index >= 15 is 0 Å². The fourth-order valence-corrected chi connectivity index (χ4v) is 4.83. The Morgan fingerprint density at radius 2 is 1.83 bits per heavy atom. The third-order valence-corrected chi connectivity index (χ3v) is 6.82. The molecule has 0 spiro atoms. The molecule has 0 unspecified atom stereocenters. The van der Waals surface area contributed by atoms with Crippen LogP contribution < -0.4 is 10.1 Å². The number of nitrogens with one attached hydrogen (secondary N) is 1. The number of aromatic nitrogens is 2. The zero-order valence-corrected chi connectivity index (χ0v) is 18.3. The lowest BCUT2D eigenvalue weighted by Gasteiger charge is -2.10. The maximum absolute atomic E-state index is 12.2. The third-order valence-electron chi connectivity index (χ3n) is 4.80. The number of rotatable bonds is 7. The van der Waals surface area contributed by atoms with E-state index < -0.39 is 0 Å². The van der Waals surface area contributed by atoms with Crippen molar-refractivity contribution in [3.05, 3.63) is 77.4 Å². The van der Waals surface area contributed by atoms with Crippen LogP contribution in [0.25, 0.3) is 10.8 Å². The molecule has 0 bridgehead atoms. The summed E-state index contributed by atoms with van der Waals surface area (Å²) in [6.45, 7) is 3.93. The molecule has 7 heteroatoms. The summed E-state index contributed by atoms with van der Waals surface area (Å²) < 4.78 is 6.46. The predicted octanol–water partition coefficient (Wildman–Crippen LogP) is 5.62. The van der Waals surface area contributed by atoms with Crippen molar-refractivity contribution in [3.8, 4) is 5.75 Å². The molecule has 0 saturated carbocycles. The molecule has 0 aliphatic rings. The number of ether oxygens (including phenoxy) is 1. The molecule has 1 amide bonds.